The Morgan fingerprint density at radius 3 is 2.03 bits per heavy atom. The van der Waals surface area contributed by atoms with Crippen LogP contribution in [0.25, 0.3) is 0 Å². The van der Waals surface area contributed by atoms with E-state index in [1.54, 1.807) is 40.2 Å². The number of benzene rings is 3. The molecule has 0 saturated heterocycles. The van der Waals surface area contributed by atoms with Crippen molar-refractivity contribution in [2.24, 2.45) is 4.99 Å². The second kappa shape index (κ2) is 8.71. The minimum atomic E-state index is 0.0709. The fourth-order valence-corrected chi connectivity index (χ4v) is 4.73. The van der Waals surface area contributed by atoms with Gasteiger partial charge in [0.05, 0.1) is 39.4 Å². The van der Waals surface area contributed by atoms with Crippen LogP contribution in [0.4, 0.5) is 5.69 Å². The number of hydrogen-bond donors (Lipinski definition) is 0. The molecule has 1 heterocycles. The van der Waals surface area contributed by atoms with Crippen LogP contribution in [0.2, 0.25) is 0 Å². The number of ether oxygens (including phenoxy) is 4. The molecule has 3 aromatic rings. The Bertz CT molecular complexity index is 1100. The van der Waals surface area contributed by atoms with Crippen molar-refractivity contribution in [2.75, 3.05) is 28.4 Å². The molecule has 1 atom stereocenters. The van der Waals surface area contributed by atoms with E-state index in [1.807, 2.05) is 48.5 Å². The Hall–Kier alpha value is -3.12. The molecule has 1 aliphatic rings. The topological polar surface area (TPSA) is 49.3 Å². The summed E-state index contributed by atoms with van der Waals surface area (Å²) in [6, 6.07) is 20.2. The summed E-state index contributed by atoms with van der Waals surface area (Å²) in [5.41, 5.74) is 4.23. The molecule has 1 unspecified atom stereocenters. The predicted molar refractivity (Wildman–Crippen MR) is 121 cm³/mol. The maximum Gasteiger partial charge on any atom is 0.161 e. The zero-order chi connectivity index (χ0) is 21.1. The van der Waals surface area contributed by atoms with Crippen LogP contribution in [0, 0.1) is 0 Å². The quantitative estimate of drug-likeness (QED) is 0.516. The third-order valence-electron chi connectivity index (χ3n) is 5.01. The van der Waals surface area contributed by atoms with Crippen molar-refractivity contribution >= 4 is 22.5 Å². The maximum atomic E-state index is 5.53. The van der Waals surface area contributed by atoms with Gasteiger partial charge in [0.25, 0.3) is 0 Å². The van der Waals surface area contributed by atoms with Crippen molar-refractivity contribution in [3.63, 3.8) is 0 Å². The molecule has 0 saturated carbocycles. The second-order valence-electron chi connectivity index (χ2n) is 6.66. The summed E-state index contributed by atoms with van der Waals surface area (Å²) in [5, 5.41) is 0.996. The number of methoxy groups -OCH3 is 4. The Labute approximate surface area is 180 Å². The Morgan fingerprint density at radius 1 is 0.700 bits per heavy atom. The van der Waals surface area contributed by atoms with Gasteiger partial charge in [0.2, 0.25) is 0 Å². The molecule has 6 heteroatoms. The van der Waals surface area contributed by atoms with Gasteiger partial charge in [0.15, 0.2) is 23.0 Å². The minimum absolute atomic E-state index is 0.0709. The molecule has 0 bridgehead atoms. The molecule has 30 heavy (non-hydrogen) atoms. The molecule has 0 aliphatic carbocycles. The number of hydrogen-bond acceptors (Lipinski definition) is 6. The first-order valence-electron chi connectivity index (χ1n) is 9.47. The first kappa shape index (κ1) is 20.2. The smallest absolute Gasteiger partial charge is 0.161 e. The molecular formula is C24H23NO4S. The Balaban J connectivity index is 1.79. The van der Waals surface area contributed by atoms with Crippen LogP contribution in [0.3, 0.4) is 0 Å². The van der Waals surface area contributed by atoms with Gasteiger partial charge in [-0.05, 0) is 47.5 Å². The van der Waals surface area contributed by atoms with E-state index in [2.05, 4.69) is 12.1 Å². The lowest BCUT2D eigenvalue weighted by Crippen LogP contribution is -2.09. The summed E-state index contributed by atoms with van der Waals surface area (Å²) in [6.45, 7) is 0. The highest BCUT2D eigenvalue weighted by Crippen LogP contribution is 2.48. The first-order valence-corrected chi connectivity index (χ1v) is 10.3. The molecule has 0 amide bonds. The van der Waals surface area contributed by atoms with Crippen LogP contribution in [0.1, 0.15) is 21.9 Å². The summed E-state index contributed by atoms with van der Waals surface area (Å²) in [5.74, 6) is 2.80. The fraction of sp³-hybridized carbons (Fsp3) is 0.208. The molecular weight excluding hydrogens is 398 g/mol. The van der Waals surface area contributed by atoms with Crippen molar-refractivity contribution in [1.29, 1.82) is 0 Å². The number of aliphatic imine (C=N–C) groups is 1. The molecule has 4 rings (SSSR count). The molecule has 3 aromatic carbocycles. The highest BCUT2D eigenvalue weighted by Gasteiger charge is 2.27. The van der Waals surface area contributed by atoms with Crippen molar-refractivity contribution < 1.29 is 18.9 Å². The van der Waals surface area contributed by atoms with Crippen LogP contribution < -0.4 is 18.9 Å². The average Bonchev–Trinajstić information content (AvgIpc) is 2.82. The molecule has 0 fully saturated rings. The monoisotopic (exact) mass is 421 g/mol. The van der Waals surface area contributed by atoms with E-state index in [9.17, 15) is 0 Å². The lowest BCUT2D eigenvalue weighted by atomic mass is 10.0. The van der Waals surface area contributed by atoms with Crippen molar-refractivity contribution in [3.05, 3.63) is 77.4 Å². The molecule has 0 N–H and O–H groups in total. The Kier molecular flexibility index (Phi) is 5.86. The average molecular weight is 422 g/mol. The summed E-state index contributed by atoms with van der Waals surface area (Å²) in [6.07, 6.45) is 0. The zero-order valence-corrected chi connectivity index (χ0v) is 18.2. The van der Waals surface area contributed by atoms with Crippen LogP contribution in [-0.4, -0.2) is 33.5 Å². The molecule has 0 radical (unpaired) electrons. The van der Waals surface area contributed by atoms with E-state index in [0.29, 0.717) is 23.0 Å². The lowest BCUT2D eigenvalue weighted by Gasteiger charge is -2.25. The van der Waals surface area contributed by atoms with Gasteiger partial charge in [0, 0.05) is 5.56 Å². The van der Waals surface area contributed by atoms with Gasteiger partial charge in [-0.3, -0.25) is 0 Å². The van der Waals surface area contributed by atoms with Gasteiger partial charge in [0.1, 0.15) is 5.04 Å². The van der Waals surface area contributed by atoms with Crippen molar-refractivity contribution in [3.8, 4) is 23.0 Å². The normalized spacial score (nSPS) is 15.1. The summed E-state index contributed by atoms with van der Waals surface area (Å²) >= 11 is 1.70. The third-order valence-corrected chi connectivity index (χ3v) is 6.32. The minimum Gasteiger partial charge on any atom is -0.493 e. The van der Waals surface area contributed by atoms with Crippen LogP contribution >= 0.6 is 11.8 Å². The number of thioether (sulfide) groups is 1. The summed E-state index contributed by atoms with van der Waals surface area (Å²) in [7, 11) is 6.57. The van der Waals surface area contributed by atoms with Crippen molar-refractivity contribution in [2.45, 2.75) is 5.25 Å². The number of nitrogens with zero attached hydrogens (tertiary/aromatic N) is 1. The highest BCUT2D eigenvalue weighted by atomic mass is 32.2. The van der Waals surface area contributed by atoms with E-state index >= 15 is 0 Å². The number of rotatable bonds is 6. The van der Waals surface area contributed by atoms with Gasteiger partial charge in [-0.15, -0.1) is 0 Å². The predicted octanol–water partition coefficient (Wildman–Crippen LogP) is 5.64. The van der Waals surface area contributed by atoms with Crippen LogP contribution in [-0.2, 0) is 0 Å². The van der Waals surface area contributed by atoms with Crippen molar-refractivity contribution in [1.82, 2.24) is 0 Å². The molecule has 154 valence electrons. The molecule has 0 aromatic heterocycles. The standard InChI is InChI=1S/C24H23NO4S/c1-26-19-11-9-15(13-21(19)28-3)23-17-7-5-6-8-18(17)25-24(30-23)16-10-12-20(27-2)22(14-16)29-4/h5-14,23H,1-4H3. The van der Waals surface area contributed by atoms with Crippen LogP contribution in [0.5, 0.6) is 23.0 Å². The van der Waals surface area contributed by atoms with E-state index in [-0.39, 0.29) is 5.25 Å². The fourth-order valence-electron chi connectivity index (χ4n) is 3.49. The molecule has 5 nitrogen and oxygen atoms in total. The number of para-hydroxylation sites is 1. The van der Waals surface area contributed by atoms with Gasteiger partial charge >= 0.3 is 0 Å². The highest BCUT2D eigenvalue weighted by molar-refractivity contribution is 8.14. The lowest BCUT2D eigenvalue weighted by molar-refractivity contribution is 0.354. The van der Waals surface area contributed by atoms with Gasteiger partial charge < -0.3 is 18.9 Å². The SMILES string of the molecule is COc1ccc(C2=Nc3ccccc3C(c3ccc(OC)c(OC)c3)S2)cc1OC. The first-order chi connectivity index (χ1) is 14.7. The maximum absolute atomic E-state index is 5.53. The van der Waals surface area contributed by atoms with E-state index in [0.717, 1.165) is 21.9 Å². The number of fused-ring (bicyclic) bond motifs is 1. The van der Waals surface area contributed by atoms with E-state index in [4.69, 9.17) is 23.9 Å². The van der Waals surface area contributed by atoms with E-state index < -0.39 is 0 Å². The molecule has 1 aliphatic heterocycles. The van der Waals surface area contributed by atoms with Gasteiger partial charge in [-0.25, -0.2) is 4.99 Å². The zero-order valence-electron chi connectivity index (χ0n) is 17.3. The van der Waals surface area contributed by atoms with Crippen LogP contribution in [0.15, 0.2) is 65.7 Å². The Morgan fingerprint density at radius 2 is 1.33 bits per heavy atom. The summed E-state index contributed by atoms with van der Waals surface area (Å²) in [4.78, 5) is 4.93. The van der Waals surface area contributed by atoms with Gasteiger partial charge in [-0.2, -0.15) is 0 Å². The largest absolute Gasteiger partial charge is 0.493 e. The molecule has 0 spiro atoms. The summed E-state index contributed by atoms with van der Waals surface area (Å²) < 4.78 is 21.8. The van der Waals surface area contributed by atoms with Gasteiger partial charge in [-0.1, -0.05) is 36.0 Å². The van der Waals surface area contributed by atoms with E-state index in [1.165, 1.54) is 5.56 Å². The second-order valence-corrected chi connectivity index (χ2v) is 7.75. The third kappa shape index (κ3) is 3.71.